The van der Waals surface area contributed by atoms with E-state index in [4.69, 9.17) is 19.6 Å². The third-order valence-electron chi connectivity index (χ3n) is 3.33. The van der Waals surface area contributed by atoms with Crippen molar-refractivity contribution in [2.75, 3.05) is 56.6 Å². The Hall–Kier alpha value is -2.85. The molecule has 0 saturated carbocycles. The van der Waals surface area contributed by atoms with E-state index in [-0.39, 0.29) is 11.6 Å². The maximum absolute atomic E-state index is 11.9. The summed E-state index contributed by atoms with van der Waals surface area (Å²) in [6.45, 7) is 2.18. The number of nitrogens with two attached hydrogens (primary N) is 1. The van der Waals surface area contributed by atoms with Crippen LogP contribution in [0.1, 0.15) is 10.6 Å². The first-order valence-electron chi connectivity index (χ1n) is 7.60. The molecule has 4 N–H and O–H groups in total. The van der Waals surface area contributed by atoms with Crippen molar-refractivity contribution in [3.8, 4) is 0 Å². The van der Waals surface area contributed by atoms with Crippen molar-refractivity contribution < 1.29 is 18.7 Å². The van der Waals surface area contributed by atoms with E-state index in [0.717, 1.165) is 0 Å². The van der Waals surface area contributed by atoms with Crippen LogP contribution in [0.5, 0.6) is 0 Å². The minimum atomic E-state index is -0.444. The summed E-state index contributed by atoms with van der Waals surface area (Å²) < 4.78 is 15.2. The fourth-order valence-corrected chi connectivity index (χ4v) is 2.05. The smallest absolute Gasteiger partial charge is 0.305 e. The van der Waals surface area contributed by atoms with Crippen molar-refractivity contribution in [1.29, 1.82) is 0 Å². The Bertz CT molecular complexity index is 656. The predicted octanol–water partition coefficient (Wildman–Crippen LogP) is 0.508. The summed E-state index contributed by atoms with van der Waals surface area (Å²) in [6.07, 6.45) is 2.77. The zero-order valence-electron chi connectivity index (χ0n) is 14.2. The van der Waals surface area contributed by atoms with Gasteiger partial charge in [0.25, 0.3) is 0 Å². The van der Waals surface area contributed by atoms with Crippen LogP contribution in [0, 0.1) is 0 Å². The lowest BCUT2D eigenvalue weighted by atomic mass is 10.3. The minimum absolute atomic E-state index is 0.169. The van der Waals surface area contributed by atoms with Crippen molar-refractivity contribution in [2.45, 2.75) is 0 Å². The Kier molecular flexibility index (Phi) is 6.99. The van der Waals surface area contributed by atoms with Crippen LogP contribution in [0.4, 0.5) is 17.3 Å². The molecule has 0 spiro atoms. The van der Waals surface area contributed by atoms with Crippen LogP contribution in [0.25, 0.3) is 0 Å². The third-order valence-corrected chi connectivity index (χ3v) is 3.33. The highest BCUT2D eigenvalue weighted by molar-refractivity contribution is 5.92. The van der Waals surface area contributed by atoms with Gasteiger partial charge in [0.15, 0.2) is 17.4 Å². The molecule has 0 aliphatic rings. The molecule has 0 radical (unpaired) electrons. The summed E-state index contributed by atoms with van der Waals surface area (Å²) in [7, 11) is 3.24. The van der Waals surface area contributed by atoms with Gasteiger partial charge in [0.1, 0.15) is 12.0 Å². The van der Waals surface area contributed by atoms with Crippen LogP contribution in [0.2, 0.25) is 0 Å². The molecule has 2 heterocycles. The Morgan fingerprint density at radius 2 is 2.00 bits per heavy atom. The van der Waals surface area contributed by atoms with Crippen LogP contribution in [-0.4, -0.2) is 56.4 Å². The topological polar surface area (TPSA) is 128 Å². The number of ether oxygens (including phenoxy) is 2. The van der Waals surface area contributed by atoms with E-state index in [0.29, 0.717) is 37.8 Å². The van der Waals surface area contributed by atoms with Gasteiger partial charge in [0.2, 0.25) is 0 Å². The number of nitrogens with one attached hydrogen (secondary N) is 2. The Balaban J connectivity index is 2.09. The van der Waals surface area contributed by atoms with Gasteiger partial charge in [-0.3, -0.25) is 15.6 Å². The highest BCUT2D eigenvalue weighted by Crippen LogP contribution is 2.25. The monoisotopic (exact) mass is 350 g/mol. The second kappa shape index (κ2) is 9.45. The van der Waals surface area contributed by atoms with Gasteiger partial charge in [-0.2, -0.15) is 0 Å². The summed E-state index contributed by atoms with van der Waals surface area (Å²) in [5, 5.41) is 0. The molecule has 0 aliphatic carbocycles. The highest BCUT2D eigenvalue weighted by Gasteiger charge is 2.16. The largest absolute Gasteiger partial charge is 0.459 e. The summed E-state index contributed by atoms with van der Waals surface area (Å²) in [6, 6.07) is 3.17. The summed E-state index contributed by atoms with van der Waals surface area (Å²) in [4.78, 5) is 22.1. The average Bonchev–Trinajstić information content (AvgIpc) is 3.16. The normalized spacial score (nSPS) is 10.5. The van der Waals surface area contributed by atoms with E-state index in [2.05, 4.69) is 20.8 Å². The molecule has 2 aromatic heterocycles. The Morgan fingerprint density at radius 1 is 1.28 bits per heavy atom. The number of rotatable bonds is 10. The van der Waals surface area contributed by atoms with Crippen LogP contribution >= 0.6 is 0 Å². The fourth-order valence-electron chi connectivity index (χ4n) is 2.05. The van der Waals surface area contributed by atoms with Gasteiger partial charge in [-0.25, -0.2) is 9.97 Å². The molecule has 136 valence electrons. The highest BCUT2D eigenvalue weighted by atomic mass is 16.5. The number of nitrogens with zero attached hydrogens (tertiary/aromatic N) is 3. The van der Waals surface area contributed by atoms with Crippen molar-refractivity contribution in [1.82, 2.24) is 15.4 Å². The molecule has 2 aromatic rings. The first-order chi connectivity index (χ1) is 12.2. The number of nitrogen functional groups attached to an aromatic ring is 1. The number of hydrogen-bond donors (Lipinski definition) is 3. The fraction of sp³-hybridized carbons (Fsp3) is 0.400. The van der Waals surface area contributed by atoms with Crippen molar-refractivity contribution in [2.24, 2.45) is 0 Å². The Morgan fingerprint density at radius 3 is 2.60 bits per heavy atom. The lowest BCUT2D eigenvalue weighted by Crippen LogP contribution is -2.33. The van der Waals surface area contributed by atoms with Gasteiger partial charge in [-0.1, -0.05) is 0 Å². The summed E-state index contributed by atoms with van der Waals surface area (Å²) >= 11 is 0. The van der Waals surface area contributed by atoms with E-state index in [1.54, 1.807) is 26.4 Å². The molecule has 2 rings (SSSR count). The molecule has 0 saturated heterocycles. The lowest BCUT2D eigenvalue weighted by Gasteiger charge is -2.25. The van der Waals surface area contributed by atoms with Gasteiger partial charge in [-0.15, -0.1) is 0 Å². The number of methoxy groups -OCH3 is 2. The number of amides is 1. The standard InChI is InChI=1S/C15H22N6O4/c1-23-8-5-21(6-9-24-2)14-12(16)13(17-10-18-14)19-20-15(22)11-4-3-7-25-11/h3-4,7,10H,5-6,8-9,16H2,1-2H3,(H,20,22)(H,17,18,19). The van der Waals surface area contributed by atoms with Crippen molar-refractivity contribution in [3.05, 3.63) is 30.5 Å². The van der Waals surface area contributed by atoms with E-state index in [1.165, 1.54) is 12.6 Å². The van der Waals surface area contributed by atoms with Crippen molar-refractivity contribution in [3.63, 3.8) is 0 Å². The van der Waals surface area contributed by atoms with Gasteiger partial charge >= 0.3 is 5.91 Å². The maximum atomic E-state index is 11.9. The Labute approximate surface area is 145 Å². The molecule has 0 fully saturated rings. The number of aromatic nitrogens is 2. The number of hydrazine groups is 1. The number of hydrogen-bond acceptors (Lipinski definition) is 9. The van der Waals surface area contributed by atoms with Crippen LogP contribution < -0.4 is 21.5 Å². The zero-order chi connectivity index (χ0) is 18.1. The number of carbonyl (C=O) groups is 1. The molecule has 0 atom stereocenters. The van der Waals surface area contributed by atoms with Gasteiger partial charge in [0, 0.05) is 27.3 Å². The molecule has 0 unspecified atom stereocenters. The van der Waals surface area contributed by atoms with E-state index in [1.807, 2.05) is 4.90 Å². The molecule has 0 aliphatic heterocycles. The van der Waals surface area contributed by atoms with E-state index < -0.39 is 5.91 Å². The number of carbonyl (C=O) groups excluding carboxylic acids is 1. The predicted molar refractivity (Wildman–Crippen MR) is 92.2 cm³/mol. The number of anilines is 3. The second-order valence-corrected chi connectivity index (χ2v) is 4.99. The van der Waals surface area contributed by atoms with Gasteiger partial charge < -0.3 is 24.5 Å². The van der Waals surface area contributed by atoms with Crippen LogP contribution in [0.15, 0.2) is 29.1 Å². The summed E-state index contributed by atoms with van der Waals surface area (Å²) in [5.74, 6) is 0.533. The van der Waals surface area contributed by atoms with E-state index >= 15 is 0 Å². The third kappa shape index (κ3) is 5.06. The van der Waals surface area contributed by atoms with Crippen LogP contribution in [-0.2, 0) is 9.47 Å². The molecule has 10 heteroatoms. The summed E-state index contributed by atoms with van der Waals surface area (Å²) in [5.41, 5.74) is 11.6. The van der Waals surface area contributed by atoms with E-state index in [9.17, 15) is 4.79 Å². The van der Waals surface area contributed by atoms with Crippen LogP contribution in [0.3, 0.4) is 0 Å². The quantitative estimate of drug-likeness (QED) is 0.525. The lowest BCUT2D eigenvalue weighted by molar-refractivity contribution is 0.0935. The SMILES string of the molecule is COCCN(CCOC)c1ncnc(NNC(=O)c2ccco2)c1N. The number of furan rings is 1. The first-order valence-corrected chi connectivity index (χ1v) is 7.60. The van der Waals surface area contributed by atoms with Gasteiger partial charge in [0.05, 0.1) is 19.5 Å². The molecule has 1 amide bonds. The molecule has 0 aromatic carbocycles. The average molecular weight is 350 g/mol. The molecule has 10 nitrogen and oxygen atoms in total. The minimum Gasteiger partial charge on any atom is -0.459 e. The molecular formula is C15H22N6O4. The maximum Gasteiger partial charge on any atom is 0.305 e. The second-order valence-electron chi connectivity index (χ2n) is 4.99. The van der Waals surface area contributed by atoms with Crippen molar-refractivity contribution >= 4 is 23.2 Å². The molecule has 0 bridgehead atoms. The molecular weight excluding hydrogens is 328 g/mol. The first kappa shape index (κ1) is 18.5. The zero-order valence-corrected chi connectivity index (χ0v) is 14.2. The van der Waals surface area contributed by atoms with Gasteiger partial charge in [-0.05, 0) is 12.1 Å². The molecule has 25 heavy (non-hydrogen) atoms.